The lowest BCUT2D eigenvalue weighted by Crippen LogP contribution is -2.15. The molecule has 0 saturated heterocycles. The summed E-state index contributed by atoms with van der Waals surface area (Å²) in [6.45, 7) is 3.15. The first kappa shape index (κ1) is 14.3. The number of aromatic nitrogens is 1. The predicted octanol–water partition coefficient (Wildman–Crippen LogP) is 3.45. The van der Waals surface area contributed by atoms with E-state index in [4.69, 9.17) is 5.73 Å². The molecule has 2 aromatic heterocycles. The molecule has 2 N–H and O–H groups in total. The van der Waals surface area contributed by atoms with Gasteiger partial charge in [-0.1, -0.05) is 41.7 Å². The first-order chi connectivity index (χ1) is 10.2. The van der Waals surface area contributed by atoms with Crippen molar-refractivity contribution in [3.63, 3.8) is 0 Å². The van der Waals surface area contributed by atoms with E-state index in [-0.39, 0.29) is 4.87 Å². The molecule has 1 aromatic carbocycles. The van der Waals surface area contributed by atoms with Crippen LogP contribution in [-0.4, -0.2) is 4.57 Å². The number of thiophene rings is 1. The molecule has 0 radical (unpaired) electrons. The quantitative estimate of drug-likeness (QED) is 0.801. The zero-order valence-corrected chi connectivity index (χ0v) is 13.3. The van der Waals surface area contributed by atoms with Crippen LogP contribution in [0.1, 0.15) is 16.0 Å². The van der Waals surface area contributed by atoms with Crippen LogP contribution >= 0.6 is 22.7 Å². The van der Waals surface area contributed by atoms with E-state index in [0.717, 1.165) is 26.6 Å². The van der Waals surface area contributed by atoms with Crippen molar-refractivity contribution in [1.82, 2.24) is 4.57 Å². The third-order valence-corrected chi connectivity index (χ3v) is 5.19. The molecule has 3 nitrogen and oxygen atoms in total. The van der Waals surface area contributed by atoms with Crippen LogP contribution in [0.15, 0.2) is 46.6 Å². The SMILES string of the molecule is Cc1sc(=O)n(Cc2ccc(CN)cc2)c1-c1cccs1. The van der Waals surface area contributed by atoms with Crippen molar-refractivity contribution in [3.05, 3.63) is 67.4 Å². The highest BCUT2D eigenvalue weighted by molar-refractivity contribution is 7.14. The van der Waals surface area contributed by atoms with Gasteiger partial charge in [0.05, 0.1) is 17.1 Å². The van der Waals surface area contributed by atoms with Gasteiger partial charge in [0, 0.05) is 11.4 Å². The molecule has 0 bridgehead atoms. The Balaban J connectivity index is 2.00. The largest absolute Gasteiger partial charge is 0.326 e. The lowest BCUT2D eigenvalue weighted by Gasteiger charge is -2.08. The second-order valence-corrected chi connectivity index (χ2v) is 6.97. The Bertz CT molecular complexity index is 783. The Hall–Kier alpha value is -1.69. The van der Waals surface area contributed by atoms with Gasteiger partial charge >= 0.3 is 4.87 Å². The minimum absolute atomic E-state index is 0.0961. The molecule has 5 heteroatoms. The lowest BCUT2D eigenvalue weighted by atomic mass is 10.1. The summed E-state index contributed by atoms with van der Waals surface area (Å²) in [5.74, 6) is 0. The van der Waals surface area contributed by atoms with E-state index in [1.807, 2.05) is 47.2 Å². The van der Waals surface area contributed by atoms with Gasteiger partial charge < -0.3 is 5.73 Å². The Morgan fingerprint density at radius 1 is 1.14 bits per heavy atom. The van der Waals surface area contributed by atoms with E-state index in [1.54, 1.807) is 11.3 Å². The average molecular weight is 316 g/mol. The molecule has 0 fully saturated rings. The maximum Gasteiger partial charge on any atom is 0.308 e. The van der Waals surface area contributed by atoms with E-state index in [1.165, 1.54) is 11.3 Å². The van der Waals surface area contributed by atoms with Gasteiger partial charge in [0.15, 0.2) is 0 Å². The van der Waals surface area contributed by atoms with E-state index in [0.29, 0.717) is 13.1 Å². The van der Waals surface area contributed by atoms with Gasteiger partial charge in [-0.2, -0.15) is 0 Å². The zero-order valence-electron chi connectivity index (χ0n) is 11.7. The van der Waals surface area contributed by atoms with Gasteiger partial charge in [0.2, 0.25) is 0 Å². The van der Waals surface area contributed by atoms with E-state index in [2.05, 4.69) is 6.07 Å². The van der Waals surface area contributed by atoms with Crippen LogP contribution in [0.3, 0.4) is 0 Å². The summed E-state index contributed by atoms with van der Waals surface area (Å²) in [4.78, 5) is 14.6. The topological polar surface area (TPSA) is 48.0 Å². The summed E-state index contributed by atoms with van der Waals surface area (Å²) >= 11 is 2.98. The van der Waals surface area contributed by atoms with Crippen molar-refractivity contribution in [1.29, 1.82) is 0 Å². The summed E-state index contributed by atoms with van der Waals surface area (Å²) in [6, 6.07) is 12.2. The Labute approximate surface area is 131 Å². The Kier molecular flexibility index (Phi) is 4.05. The van der Waals surface area contributed by atoms with Crippen LogP contribution < -0.4 is 10.6 Å². The molecule has 2 heterocycles. The summed E-state index contributed by atoms with van der Waals surface area (Å²) in [5.41, 5.74) is 8.88. The first-order valence-corrected chi connectivity index (χ1v) is 8.40. The Morgan fingerprint density at radius 3 is 2.48 bits per heavy atom. The van der Waals surface area contributed by atoms with Crippen LogP contribution in [0.5, 0.6) is 0 Å². The molecule has 3 rings (SSSR count). The predicted molar refractivity (Wildman–Crippen MR) is 90.1 cm³/mol. The molecule has 0 aliphatic heterocycles. The summed E-state index contributed by atoms with van der Waals surface area (Å²) in [6.07, 6.45) is 0. The van der Waals surface area contributed by atoms with Crippen molar-refractivity contribution in [2.24, 2.45) is 5.73 Å². The fraction of sp³-hybridized carbons (Fsp3) is 0.188. The highest BCUT2D eigenvalue weighted by Crippen LogP contribution is 2.29. The van der Waals surface area contributed by atoms with E-state index >= 15 is 0 Å². The Morgan fingerprint density at radius 2 is 1.86 bits per heavy atom. The fourth-order valence-electron chi connectivity index (χ4n) is 2.34. The molecule has 3 aromatic rings. The minimum Gasteiger partial charge on any atom is -0.326 e. The highest BCUT2D eigenvalue weighted by atomic mass is 32.1. The number of nitrogens with two attached hydrogens (primary N) is 1. The molecule has 0 unspecified atom stereocenters. The number of hydrogen-bond acceptors (Lipinski definition) is 4. The summed E-state index contributed by atoms with van der Waals surface area (Å²) in [7, 11) is 0. The van der Waals surface area contributed by atoms with Crippen molar-refractivity contribution in [3.8, 4) is 10.6 Å². The average Bonchev–Trinajstić information content (AvgIpc) is 3.09. The van der Waals surface area contributed by atoms with Crippen LogP contribution in [0.2, 0.25) is 0 Å². The molecule has 108 valence electrons. The second-order valence-electron chi connectivity index (χ2n) is 4.86. The van der Waals surface area contributed by atoms with Crippen molar-refractivity contribution in [2.75, 3.05) is 0 Å². The zero-order chi connectivity index (χ0) is 14.8. The number of thiazole rings is 1. The number of hydrogen-bond donors (Lipinski definition) is 1. The highest BCUT2D eigenvalue weighted by Gasteiger charge is 2.14. The molecule has 0 atom stereocenters. The molecular weight excluding hydrogens is 300 g/mol. The first-order valence-electron chi connectivity index (χ1n) is 6.71. The van der Waals surface area contributed by atoms with E-state index < -0.39 is 0 Å². The molecule has 0 spiro atoms. The van der Waals surface area contributed by atoms with Crippen molar-refractivity contribution in [2.45, 2.75) is 20.0 Å². The smallest absolute Gasteiger partial charge is 0.308 e. The monoisotopic (exact) mass is 316 g/mol. The number of aryl methyl sites for hydroxylation is 1. The summed E-state index contributed by atoms with van der Waals surface area (Å²) < 4.78 is 1.86. The third kappa shape index (κ3) is 2.85. The minimum atomic E-state index is 0.0961. The standard InChI is InChI=1S/C16H16N2OS2/c1-11-15(14-3-2-8-20-14)18(16(19)21-11)10-13-6-4-12(9-17)5-7-13/h2-8H,9-10,17H2,1H3. The number of rotatable bonds is 4. The van der Waals surface area contributed by atoms with Gasteiger partial charge in [0.25, 0.3) is 0 Å². The summed E-state index contributed by atoms with van der Waals surface area (Å²) in [5, 5.41) is 2.04. The molecule has 0 amide bonds. The van der Waals surface area contributed by atoms with Crippen LogP contribution in [0, 0.1) is 6.92 Å². The normalized spacial score (nSPS) is 11.0. The van der Waals surface area contributed by atoms with Gasteiger partial charge in [0.1, 0.15) is 0 Å². The number of nitrogens with zero attached hydrogens (tertiary/aromatic N) is 1. The maximum atomic E-state index is 12.2. The molecule has 21 heavy (non-hydrogen) atoms. The van der Waals surface area contributed by atoms with Gasteiger partial charge in [-0.15, -0.1) is 11.3 Å². The van der Waals surface area contributed by atoms with Crippen LogP contribution in [-0.2, 0) is 13.1 Å². The van der Waals surface area contributed by atoms with E-state index in [9.17, 15) is 4.79 Å². The molecular formula is C16H16N2OS2. The second kappa shape index (κ2) is 5.97. The van der Waals surface area contributed by atoms with Gasteiger partial charge in [-0.05, 0) is 29.5 Å². The molecule has 0 saturated carbocycles. The van der Waals surface area contributed by atoms with Gasteiger partial charge in [-0.25, -0.2) is 0 Å². The molecule has 0 aliphatic carbocycles. The number of benzene rings is 1. The van der Waals surface area contributed by atoms with Gasteiger partial charge in [-0.3, -0.25) is 9.36 Å². The van der Waals surface area contributed by atoms with Crippen LogP contribution in [0.4, 0.5) is 0 Å². The maximum absolute atomic E-state index is 12.2. The fourth-order valence-corrected chi connectivity index (χ4v) is 4.09. The molecule has 0 aliphatic rings. The van der Waals surface area contributed by atoms with Crippen LogP contribution in [0.25, 0.3) is 10.6 Å². The van der Waals surface area contributed by atoms with Crippen molar-refractivity contribution >= 4 is 22.7 Å². The lowest BCUT2D eigenvalue weighted by molar-refractivity contribution is 0.791. The van der Waals surface area contributed by atoms with Crippen molar-refractivity contribution < 1.29 is 0 Å². The third-order valence-electron chi connectivity index (χ3n) is 3.42.